The van der Waals surface area contributed by atoms with Crippen molar-refractivity contribution in [1.29, 1.82) is 0 Å². The van der Waals surface area contributed by atoms with Crippen LogP contribution in [0.2, 0.25) is 0 Å². The van der Waals surface area contributed by atoms with Crippen LogP contribution in [0.15, 0.2) is 12.4 Å². The van der Waals surface area contributed by atoms with Crippen molar-refractivity contribution in [3.63, 3.8) is 0 Å². The summed E-state index contributed by atoms with van der Waals surface area (Å²) in [7, 11) is 0. The Morgan fingerprint density at radius 2 is 1.93 bits per heavy atom. The summed E-state index contributed by atoms with van der Waals surface area (Å²) in [4.78, 5) is 12.5. The number of aliphatic hydroxyl groups excluding tert-OH is 1. The third kappa shape index (κ3) is 5.74. The van der Waals surface area contributed by atoms with E-state index in [1.807, 2.05) is 6.26 Å². The highest BCUT2D eigenvalue weighted by Gasteiger charge is 2.36. The summed E-state index contributed by atoms with van der Waals surface area (Å²) < 4.78 is 42.9. The minimum Gasteiger partial charge on any atom is -0.391 e. The number of nitrogens with one attached hydrogen (secondary N) is 2. The highest BCUT2D eigenvalue weighted by molar-refractivity contribution is 7.96. The molecule has 0 aromatic carbocycles. The van der Waals surface area contributed by atoms with E-state index < -0.39 is 17.8 Å². The topological polar surface area (TPSA) is 86.2 Å². The number of piperidine rings is 1. The molecule has 0 aliphatic carbocycles. The van der Waals surface area contributed by atoms with E-state index in [1.165, 1.54) is 6.20 Å². The monoisotopic (exact) mass is 462 g/mol. The zero-order valence-corrected chi connectivity index (χ0v) is 18.5. The SMILES string of the molecule is CSN1CCC(Nc2ncc(C(F)(F)F)c(-c3cnc(NC(C)C(C)O)s3)n2)CC1. The van der Waals surface area contributed by atoms with Crippen LogP contribution in [0.4, 0.5) is 24.3 Å². The zero-order valence-electron chi connectivity index (χ0n) is 16.9. The number of hydrogen-bond acceptors (Lipinski definition) is 9. The number of alkyl halides is 3. The molecular weight excluding hydrogens is 437 g/mol. The molecule has 0 saturated carbocycles. The number of rotatable bonds is 7. The van der Waals surface area contributed by atoms with Gasteiger partial charge in [-0.05, 0) is 32.9 Å². The van der Waals surface area contributed by atoms with E-state index in [0.717, 1.165) is 43.5 Å². The van der Waals surface area contributed by atoms with E-state index in [4.69, 9.17) is 0 Å². The molecule has 3 N–H and O–H groups in total. The van der Waals surface area contributed by atoms with Gasteiger partial charge in [0.05, 0.1) is 22.7 Å². The third-order valence-electron chi connectivity index (χ3n) is 4.95. The van der Waals surface area contributed by atoms with Crippen LogP contribution in [-0.2, 0) is 6.18 Å². The second-order valence-corrected chi connectivity index (χ2v) is 9.10. The van der Waals surface area contributed by atoms with Gasteiger partial charge in [-0.25, -0.2) is 15.0 Å². The molecule has 2 aromatic rings. The molecule has 1 saturated heterocycles. The molecule has 3 heterocycles. The molecule has 1 aliphatic rings. The van der Waals surface area contributed by atoms with Gasteiger partial charge >= 0.3 is 6.18 Å². The van der Waals surface area contributed by atoms with Crippen LogP contribution in [0.25, 0.3) is 10.6 Å². The molecule has 0 bridgehead atoms. The van der Waals surface area contributed by atoms with Gasteiger partial charge in [0, 0.05) is 31.5 Å². The number of aromatic nitrogens is 3. The number of thiazole rings is 1. The van der Waals surface area contributed by atoms with Crippen molar-refractivity contribution in [2.75, 3.05) is 30.0 Å². The molecule has 0 radical (unpaired) electrons. The Morgan fingerprint density at radius 1 is 1.23 bits per heavy atom. The van der Waals surface area contributed by atoms with E-state index in [9.17, 15) is 18.3 Å². The second kappa shape index (κ2) is 9.67. The molecule has 166 valence electrons. The Labute approximate surface area is 181 Å². The smallest absolute Gasteiger partial charge is 0.391 e. The van der Waals surface area contributed by atoms with Gasteiger partial charge in [-0.2, -0.15) is 13.2 Å². The number of hydrogen-bond donors (Lipinski definition) is 3. The maximum absolute atomic E-state index is 13.6. The first-order valence-corrected chi connectivity index (χ1v) is 11.6. The standard InChI is InChI=1S/C18H25F3N6OS2/c1-10(11(2)28)24-17-23-9-14(30-17)15-13(18(19,20)21)8-22-16(26-15)25-12-4-6-27(29-3)7-5-12/h8-12,28H,4-7H2,1-3H3,(H,23,24)(H,22,25,26). The van der Waals surface area contributed by atoms with Gasteiger partial charge in [0.2, 0.25) is 5.95 Å². The molecule has 1 aliphatic heterocycles. The number of aliphatic hydroxyl groups is 1. The zero-order chi connectivity index (χ0) is 21.9. The molecule has 2 aromatic heterocycles. The molecule has 1 fully saturated rings. The van der Waals surface area contributed by atoms with Gasteiger partial charge in [0.15, 0.2) is 5.13 Å². The normalized spacial score (nSPS) is 18.2. The van der Waals surface area contributed by atoms with Crippen LogP contribution in [0, 0.1) is 0 Å². The summed E-state index contributed by atoms with van der Waals surface area (Å²) in [6.07, 6.45) is 0.739. The van der Waals surface area contributed by atoms with Gasteiger partial charge in [-0.1, -0.05) is 23.3 Å². The fourth-order valence-corrected chi connectivity index (χ4v) is 4.47. The van der Waals surface area contributed by atoms with Crippen molar-refractivity contribution in [1.82, 2.24) is 19.3 Å². The summed E-state index contributed by atoms with van der Waals surface area (Å²) in [5, 5.41) is 16.2. The first-order chi connectivity index (χ1) is 14.2. The number of halogens is 3. The Balaban J connectivity index is 1.83. The summed E-state index contributed by atoms with van der Waals surface area (Å²) in [5.41, 5.74) is -1.10. The highest BCUT2D eigenvalue weighted by atomic mass is 32.2. The quantitative estimate of drug-likeness (QED) is 0.533. The van der Waals surface area contributed by atoms with E-state index in [2.05, 4.69) is 29.9 Å². The van der Waals surface area contributed by atoms with Crippen molar-refractivity contribution < 1.29 is 18.3 Å². The lowest BCUT2D eigenvalue weighted by atomic mass is 10.1. The Bertz CT molecular complexity index is 840. The predicted octanol–water partition coefficient (Wildman–Crippen LogP) is 3.95. The van der Waals surface area contributed by atoms with Crippen LogP contribution in [0.3, 0.4) is 0 Å². The highest BCUT2D eigenvalue weighted by Crippen LogP contribution is 2.39. The maximum Gasteiger partial charge on any atom is 0.420 e. The molecule has 2 atom stereocenters. The maximum atomic E-state index is 13.6. The van der Waals surface area contributed by atoms with Crippen molar-refractivity contribution >= 4 is 34.4 Å². The average molecular weight is 463 g/mol. The molecule has 3 rings (SSSR count). The van der Waals surface area contributed by atoms with Gasteiger partial charge in [-0.3, -0.25) is 4.31 Å². The van der Waals surface area contributed by atoms with Crippen LogP contribution < -0.4 is 10.6 Å². The molecule has 0 amide bonds. The largest absolute Gasteiger partial charge is 0.420 e. The number of anilines is 2. The molecular formula is C18H25F3N6OS2. The first kappa shape index (κ1) is 23.0. The van der Waals surface area contributed by atoms with Gasteiger partial charge < -0.3 is 15.7 Å². The predicted molar refractivity (Wildman–Crippen MR) is 115 cm³/mol. The van der Waals surface area contributed by atoms with Crippen LogP contribution >= 0.6 is 23.3 Å². The Kier molecular flexibility index (Phi) is 7.43. The molecule has 7 nitrogen and oxygen atoms in total. The third-order valence-corrected chi connectivity index (χ3v) is 6.77. The summed E-state index contributed by atoms with van der Waals surface area (Å²) >= 11 is 2.75. The van der Waals surface area contributed by atoms with Crippen molar-refractivity contribution in [2.24, 2.45) is 0 Å². The van der Waals surface area contributed by atoms with Crippen molar-refractivity contribution in [3.05, 3.63) is 18.0 Å². The van der Waals surface area contributed by atoms with E-state index in [-0.39, 0.29) is 28.6 Å². The van der Waals surface area contributed by atoms with Gasteiger partial charge in [-0.15, -0.1) is 0 Å². The van der Waals surface area contributed by atoms with E-state index in [0.29, 0.717) is 5.13 Å². The molecule has 30 heavy (non-hydrogen) atoms. The Morgan fingerprint density at radius 3 is 2.53 bits per heavy atom. The molecule has 0 spiro atoms. The minimum absolute atomic E-state index is 0.114. The summed E-state index contributed by atoms with van der Waals surface area (Å²) in [6, 6.07) is -0.176. The lowest BCUT2D eigenvalue weighted by Crippen LogP contribution is -2.35. The van der Waals surface area contributed by atoms with E-state index >= 15 is 0 Å². The fraction of sp³-hybridized carbons (Fsp3) is 0.611. The van der Waals surface area contributed by atoms with Crippen molar-refractivity contribution in [3.8, 4) is 10.6 Å². The fourth-order valence-electron chi connectivity index (χ4n) is 2.98. The van der Waals surface area contributed by atoms with Gasteiger partial charge in [0.1, 0.15) is 5.56 Å². The van der Waals surface area contributed by atoms with E-state index in [1.54, 1.807) is 25.8 Å². The van der Waals surface area contributed by atoms with Crippen molar-refractivity contribution in [2.45, 2.75) is 51.1 Å². The van der Waals surface area contributed by atoms with Gasteiger partial charge in [0.25, 0.3) is 0 Å². The number of nitrogens with zero attached hydrogens (tertiary/aromatic N) is 4. The van der Waals surface area contributed by atoms with Crippen LogP contribution in [0.1, 0.15) is 32.3 Å². The minimum atomic E-state index is -4.58. The summed E-state index contributed by atoms with van der Waals surface area (Å²) in [6.45, 7) is 5.19. The Hall–Kier alpha value is -1.63. The van der Waals surface area contributed by atoms with Crippen LogP contribution in [-0.4, -0.2) is 61.9 Å². The lowest BCUT2D eigenvalue weighted by molar-refractivity contribution is -0.137. The lowest BCUT2D eigenvalue weighted by Gasteiger charge is -2.30. The second-order valence-electron chi connectivity index (χ2n) is 7.19. The molecule has 2 unspecified atom stereocenters. The average Bonchev–Trinajstić information content (AvgIpc) is 3.16. The summed E-state index contributed by atoms with van der Waals surface area (Å²) in [5.74, 6) is 0.181. The molecule has 12 heteroatoms. The first-order valence-electron chi connectivity index (χ1n) is 9.58. The van der Waals surface area contributed by atoms with Crippen LogP contribution in [0.5, 0.6) is 0 Å².